The first-order valence-electron chi connectivity index (χ1n) is 4.62. The van der Waals surface area contributed by atoms with Crippen molar-refractivity contribution in [3.63, 3.8) is 0 Å². The number of nitrogens with zero attached hydrogens (tertiary/aromatic N) is 1. The van der Waals surface area contributed by atoms with Crippen LogP contribution in [0.1, 0.15) is 13.3 Å². The molecule has 0 heterocycles. The van der Waals surface area contributed by atoms with Gasteiger partial charge in [0.15, 0.2) is 0 Å². The third-order valence-corrected chi connectivity index (χ3v) is 2.24. The highest BCUT2D eigenvalue weighted by molar-refractivity contribution is 4.38. The lowest BCUT2D eigenvalue weighted by Crippen LogP contribution is -2.48. The maximum absolute atomic E-state index is 8.87. The van der Waals surface area contributed by atoms with E-state index in [1.54, 1.807) is 7.11 Å². The highest BCUT2D eigenvalue weighted by Gasteiger charge is 2.18. The van der Waals surface area contributed by atoms with E-state index in [0.29, 0.717) is 0 Å². The maximum atomic E-state index is 8.87. The average Bonchev–Trinajstić information content (AvgIpc) is 2.02. The van der Waals surface area contributed by atoms with Crippen molar-refractivity contribution in [3.05, 3.63) is 0 Å². The third-order valence-electron chi connectivity index (χ3n) is 2.24. The molecule has 1 atom stereocenters. The van der Waals surface area contributed by atoms with Gasteiger partial charge in [-0.15, -0.1) is 0 Å². The molecule has 74 valence electrons. The number of aliphatic hydroxyl groups is 1. The minimum Gasteiger partial charge on any atom is -0.391 e. The largest absolute Gasteiger partial charge is 0.391 e. The summed E-state index contributed by atoms with van der Waals surface area (Å²) in [6.07, 6.45) is 1.15. The first-order valence-corrected chi connectivity index (χ1v) is 4.62. The van der Waals surface area contributed by atoms with E-state index in [2.05, 4.69) is 14.0 Å². The molecule has 0 rings (SSSR count). The van der Waals surface area contributed by atoms with Crippen molar-refractivity contribution in [2.45, 2.75) is 13.3 Å². The predicted octanol–water partition coefficient (Wildman–Crippen LogP) is 0.482. The van der Waals surface area contributed by atoms with Gasteiger partial charge in [0.2, 0.25) is 0 Å². The summed E-state index contributed by atoms with van der Waals surface area (Å²) < 4.78 is 5.95. The van der Waals surface area contributed by atoms with Crippen LogP contribution in [0.25, 0.3) is 0 Å². The van der Waals surface area contributed by atoms with Crippen molar-refractivity contribution in [2.24, 2.45) is 0 Å². The van der Waals surface area contributed by atoms with Crippen LogP contribution in [0.4, 0.5) is 0 Å². The fourth-order valence-electron chi connectivity index (χ4n) is 1.43. The maximum Gasteiger partial charge on any atom is 0.102 e. The Hall–Kier alpha value is -0.120. The van der Waals surface area contributed by atoms with Crippen molar-refractivity contribution >= 4 is 0 Å². The lowest BCUT2D eigenvalue weighted by Gasteiger charge is -2.33. The summed E-state index contributed by atoms with van der Waals surface area (Å²) in [7, 11) is 3.88. The monoisotopic (exact) mass is 176 g/mol. The van der Waals surface area contributed by atoms with E-state index >= 15 is 0 Å². The molecule has 0 fully saturated rings. The van der Waals surface area contributed by atoms with Gasteiger partial charge in [0.25, 0.3) is 0 Å². The summed E-state index contributed by atoms with van der Waals surface area (Å²) >= 11 is 0. The van der Waals surface area contributed by atoms with E-state index in [4.69, 9.17) is 9.84 Å². The molecular weight excluding hydrogens is 154 g/mol. The number of likely N-dealkylation sites (N-methyl/N-ethyl adjacent to an activating group) is 1. The Balaban J connectivity index is 3.80. The van der Waals surface area contributed by atoms with Gasteiger partial charge in [-0.25, -0.2) is 0 Å². The van der Waals surface area contributed by atoms with Crippen molar-refractivity contribution in [1.82, 2.24) is 0 Å². The number of hydrogen-bond acceptors (Lipinski definition) is 2. The van der Waals surface area contributed by atoms with Gasteiger partial charge in [-0.3, -0.25) is 0 Å². The normalized spacial score (nSPS) is 16.0. The Morgan fingerprint density at radius 1 is 1.25 bits per heavy atom. The molecule has 0 radical (unpaired) electrons. The van der Waals surface area contributed by atoms with Crippen LogP contribution in [0.3, 0.4) is 0 Å². The number of aliphatic hydroxyl groups excluding tert-OH is 1. The van der Waals surface area contributed by atoms with Gasteiger partial charge in [-0.1, -0.05) is 6.92 Å². The summed E-state index contributed by atoms with van der Waals surface area (Å²) in [6, 6.07) is 0. The Kier molecular flexibility index (Phi) is 6.34. The summed E-state index contributed by atoms with van der Waals surface area (Å²) in [5, 5.41) is 8.87. The molecular formula is C9H22NO2+. The molecule has 0 aliphatic heterocycles. The highest BCUT2D eigenvalue weighted by atomic mass is 16.5. The van der Waals surface area contributed by atoms with Crippen LogP contribution in [-0.4, -0.2) is 56.6 Å². The quantitative estimate of drug-likeness (QED) is 0.572. The second kappa shape index (κ2) is 6.40. The first kappa shape index (κ1) is 11.9. The van der Waals surface area contributed by atoms with Crippen molar-refractivity contribution in [3.8, 4) is 0 Å². The number of quaternary nitrogens is 1. The molecule has 3 heteroatoms. The molecule has 0 amide bonds. The van der Waals surface area contributed by atoms with Crippen LogP contribution in [0.15, 0.2) is 0 Å². The molecule has 0 aromatic heterocycles. The third kappa shape index (κ3) is 4.70. The van der Waals surface area contributed by atoms with E-state index in [-0.39, 0.29) is 6.61 Å². The first-order chi connectivity index (χ1) is 5.68. The minimum atomic E-state index is 0.264. The molecule has 12 heavy (non-hydrogen) atoms. The lowest BCUT2D eigenvalue weighted by molar-refractivity contribution is -0.910. The van der Waals surface area contributed by atoms with Crippen LogP contribution in [-0.2, 0) is 4.74 Å². The predicted molar refractivity (Wildman–Crippen MR) is 50.0 cm³/mol. The Bertz CT molecular complexity index is 101. The number of ether oxygens (including phenoxy) is 1. The van der Waals surface area contributed by atoms with Crippen LogP contribution >= 0.6 is 0 Å². The molecule has 0 bridgehead atoms. The van der Waals surface area contributed by atoms with E-state index in [9.17, 15) is 0 Å². The highest BCUT2D eigenvalue weighted by Crippen LogP contribution is 2.02. The van der Waals surface area contributed by atoms with Crippen LogP contribution in [0.2, 0.25) is 0 Å². The van der Waals surface area contributed by atoms with E-state index < -0.39 is 0 Å². The van der Waals surface area contributed by atoms with Crippen LogP contribution in [0, 0.1) is 0 Å². The van der Waals surface area contributed by atoms with Crippen LogP contribution in [0.5, 0.6) is 0 Å². The number of methoxy groups -OCH3 is 1. The molecule has 0 aromatic carbocycles. The lowest BCUT2D eigenvalue weighted by atomic mass is 10.3. The molecule has 0 saturated carbocycles. The molecule has 0 spiro atoms. The van der Waals surface area contributed by atoms with E-state index in [1.165, 1.54) is 0 Å². The average molecular weight is 176 g/mol. The summed E-state index contributed by atoms with van der Waals surface area (Å²) in [5.74, 6) is 0. The molecule has 0 aliphatic rings. The summed E-state index contributed by atoms with van der Waals surface area (Å²) in [6.45, 7) is 6.14. The molecule has 0 aliphatic carbocycles. The second-order valence-electron chi connectivity index (χ2n) is 3.51. The van der Waals surface area contributed by atoms with Gasteiger partial charge >= 0.3 is 0 Å². The Morgan fingerprint density at radius 2 is 1.92 bits per heavy atom. The summed E-state index contributed by atoms with van der Waals surface area (Å²) in [4.78, 5) is 0. The topological polar surface area (TPSA) is 29.5 Å². The smallest absolute Gasteiger partial charge is 0.102 e. The van der Waals surface area contributed by atoms with Gasteiger partial charge in [0, 0.05) is 7.11 Å². The standard InChI is InChI=1S/C9H22NO2/c1-4-5-10(2,6-8-11)7-9-12-3/h11H,4-9H2,1-3H3/q+1. The van der Waals surface area contributed by atoms with E-state index in [0.717, 1.165) is 37.1 Å². The molecule has 3 nitrogen and oxygen atoms in total. The molecule has 1 unspecified atom stereocenters. The zero-order chi connectivity index (χ0) is 9.45. The van der Waals surface area contributed by atoms with Gasteiger partial charge in [0.1, 0.15) is 13.1 Å². The summed E-state index contributed by atoms with van der Waals surface area (Å²) in [5.41, 5.74) is 0. The van der Waals surface area contributed by atoms with Gasteiger partial charge < -0.3 is 14.3 Å². The van der Waals surface area contributed by atoms with Gasteiger partial charge in [-0.05, 0) is 6.42 Å². The molecule has 0 saturated heterocycles. The fourth-order valence-corrected chi connectivity index (χ4v) is 1.43. The SMILES string of the molecule is CCC[N+](C)(CCO)CCOC. The fraction of sp³-hybridized carbons (Fsp3) is 1.00. The van der Waals surface area contributed by atoms with Crippen molar-refractivity contribution in [1.29, 1.82) is 0 Å². The van der Waals surface area contributed by atoms with Crippen molar-refractivity contribution < 1.29 is 14.3 Å². The number of rotatable bonds is 7. The number of hydrogen-bond donors (Lipinski definition) is 1. The zero-order valence-corrected chi connectivity index (χ0v) is 8.55. The second-order valence-corrected chi connectivity index (χ2v) is 3.51. The van der Waals surface area contributed by atoms with E-state index in [1.807, 2.05) is 0 Å². The van der Waals surface area contributed by atoms with Gasteiger partial charge in [0.05, 0.1) is 26.8 Å². The van der Waals surface area contributed by atoms with Gasteiger partial charge in [-0.2, -0.15) is 0 Å². The molecule has 1 N–H and O–H groups in total. The Morgan fingerprint density at radius 3 is 2.33 bits per heavy atom. The molecule has 0 aromatic rings. The van der Waals surface area contributed by atoms with Crippen molar-refractivity contribution in [2.75, 3.05) is 47.0 Å². The Labute approximate surface area is 75.5 Å². The minimum absolute atomic E-state index is 0.264. The zero-order valence-electron chi connectivity index (χ0n) is 8.55. The van der Waals surface area contributed by atoms with Crippen LogP contribution < -0.4 is 0 Å².